The Morgan fingerprint density at radius 2 is 1.95 bits per heavy atom. The van der Waals surface area contributed by atoms with Gasteiger partial charge in [0.2, 0.25) is 0 Å². The van der Waals surface area contributed by atoms with Crippen LogP contribution in [0, 0.1) is 5.92 Å². The second-order valence-electron chi connectivity index (χ2n) is 5.90. The zero-order chi connectivity index (χ0) is 15.3. The Hall–Kier alpha value is -0.470. The van der Waals surface area contributed by atoms with Gasteiger partial charge in [-0.2, -0.15) is 17.0 Å². The first-order chi connectivity index (χ1) is 10.1. The normalized spacial score (nSPS) is 21.8. The first-order valence-electron chi connectivity index (χ1n) is 7.78. The van der Waals surface area contributed by atoms with Crippen LogP contribution in [-0.2, 0) is 10.2 Å². The lowest BCUT2D eigenvalue weighted by Gasteiger charge is -2.34. The topological polar surface area (TPSA) is 72.9 Å². The number of hydrogen-bond acceptors (Lipinski definition) is 4. The predicted octanol–water partition coefficient (Wildman–Crippen LogP) is 0.176. The minimum absolute atomic E-state index is 0.123. The second-order valence-corrected chi connectivity index (χ2v) is 7.83. The molecule has 0 aromatic rings. The van der Waals surface area contributed by atoms with Crippen molar-refractivity contribution in [3.63, 3.8) is 0 Å². The highest BCUT2D eigenvalue weighted by molar-refractivity contribution is 7.86. The largest absolute Gasteiger partial charge is 0.395 e. The molecule has 0 aromatic heterocycles. The number of rotatable bonds is 9. The van der Waals surface area contributed by atoms with Crippen LogP contribution in [0.4, 0.5) is 0 Å². The van der Waals surface area contributed by atoms with E-state index < -0.39 is 10.2 Å². The van der Waals surface area contributed by atoms with E-state index in [-0.39, 0.29) is 19.7 Å². The number of piperidine rings is 1. The molecule has 0 atom stereocenters. The number of aliphatic hydroxyl groups excluding tert-OH is 1. The van der Waals surface area contributed by atoms with Crippen molar-refractivity contribution in [2.75, 3.05) is 39.3 Å². The SMILES string of the molecule is C=CCN(CCO)S(=O)(=O)N1CCC(CNC2CC2)CC1. The predicted molar refractivity (Wildman–Crippen MR) is 83.1 cm³/mol. The quantitative estimate of drug-likeness (QED) is 0.595. The summed E-state index contributed by atoms with van der Waals surface area (Å²) in [4.78, 5) is 0. The summed E-state index contributed by atoms with van der Waals surface area (Å²) in [5.74, 6) is 0.572. The molecule has 6 nitrogen and oxygen atoms in total. The van der Waals surface area contributed by atoms with Crippen molar-refractivity contribution in [1.29, 1.82) is 0 Å². The van der Waals surface area contributed by atoms with E-state index in [1.54, 1.807) is 10.4 Å². The van der Waals surface area contributed by atoms with Crippen molar-refractivity contribution < 1.29 is 13.5 Å². The molecule has 2 aliphatic rings. The Morgan fingerprint density at radius 3 is 2.48 bits per heavy atom. The molecule has 0 amide bonds. The fourth-order valence-electron chi connectivity index (χ4n) is 2.68. The van der Waals surface area contributed by atoms with Gasteiger partial charge >= 0.3 is 0 Å². The number of hydrogen-bond donors (Lipinski definition) is 2. The van der Waals surface area contributed by atoms with Crippen molar-refractivity contribution in [1.82, 2.24) is 13.9 Å². The molecule has 0 unspecified atom stereocenters. The molecule has 1 aliphatic heterocycles. The van der Waals surface area contributed by atoms with Gasteiger partial charge in [-0.05, 0) is 38.1 Å². The Balaban J connectivity index is 1.84. The zero-order valence-electron chi connectivity index (χ0n) is 12.6. The minimum Gasteiger partial charge on any atom is -0.395 e. The van der Waals surface area contributed by atoms with Crippen molar-refractivity contribution in [2.24, 2.45) is 5.92 Å². The Morgan fingerprint density at radius 1 is 1.29 bits per heavy atom. The third kappa shape index (κ3) is 4.75. The summed E-state index contributed by atoms with van der Waals surface area (Å²) in [7, 11) is -3.48. The highest BCUT2D eigenvalue weighted by Crippen LogP contribution is 2.23. The van der Waals surface area contributed by atoms with Gasteiger partial charge in [-0.25, -0.2) is 0 Å². The van der Waals surface area contributed by atoms with E-state index in [2.05, 4.69) is 11.9 Å². The highest BCUT2D eigenvalue weighted by Gasteiger charge is 2.32. The van der Waals surface area contributed by atoms with Crippen molar-refractivity contribution in [3.8, 4) is 0 Å². The number of nitrogens with one attached hydrogen (secondary N) is 1. The third-order valence-corrected chi connectivity index (χ3v) is 6.18. The number of nitrogens with zero attached hydrogens (tertiary/aromatic N) is 2. The van der Waals surface area contributed by atoms with Crippen LogP contribution in [0.15, 0.2) is 12.7 Å². The molecule has 2 N–H and O–H groups in total. The molecule has 2 fully saturated rings. The monoisotopic (exact) mass is 317 g/mol. The molecule has 1 saturated heterocycles. The summed E-state index contributed by atoms with van der Waals surface area (Å²) >= 11 is 0. The fourth-order valence-corrected chi connectivity index (χ4v) is 4.29. The van der Waals surface area contributed by atoms with Crippen molar-refractivity contribution in [2.45, 2.75) is 31.7 Å². The van der Waals surface area contributed by atoms with Gasteiger partial charge in [0.25, 0.3) is 10.2 Å². The van der Waals surface area contributed by atoms with E-state index in [4.69, 9.17) is 5.11 Å². The lowest BCUT2D eigenvalue weighted by atomic mass is 9.98. The van der Waals surface area contributed by atoms with Gasteiger partial charge in [-0.1, -0.05) is 6.08 Å². The molecule has 122 valence electrons. The summed E-state index contributed by atoms with van der Waals surface area (Å²) in [6.07, 6.45) is 5.93. The lowest BCUT2D eigenvalue weighted by molar-refractivity contribution is 0.230. The van der Waals surface area contributed by atoms with Crippen molar-refractivity contribution in [3.05, 3.63) is 12.7 Å². The lowest BCUT2D eigenvalue weighted by Crippen LogP contribution is -2.48. The van der Waals surface area contributed by atoms with Gasteiger partial charge in [0.15, 0.2) is 0 Å². The molecule has 21 heavy (non-hydrogen) atoms. The van der Waals surface area contributed by atoms with Crippen LogP contribution in [-0.4, -0.2) is 67.5 Å². The van der Waals surface area contributed by atoms with E-state index in [9.17, 15) is 8.42 Å². The summed E-state index contributed by atoms with van der Waals surface area (Å²) in [5, 5.41) is 12.5. The summed E-state index contributed by atoms with van der Waals surface area (Å²) in [6, 6.07) is 0.708. The number of aliphatic hydroxyl groups is 1. The van der Waals surface area contributed by atoms with E-state index >= 15 is 0 Å². The van der Waals surface area contributed by atoms with Crippen LogP contribution in [0.3, 0.4) is 0 Å². The van der Waals surface area contributed by atoms with E-state index in [1.165, 1.54) is 17.1 Å². The Kier molecular flexibility index (Phi) is 6.19. The van der Waals surface area contributed by atoms with Gasteiger partial charge in [0.05, 0.1) is 6.61 Å². The molecular formula is C14H27N3O3S. The molecule has 0 radical (unpaired) electrons. The summed E-state index contributed by atoms with van der Waals surface area (Å²) in [6.45, 7) is 5.92. The van der Waals surface area contributed by atoms with Crippen LogP contribution in [0.5, 0.6) is 0 Å². The molecule has 0 spiro atoms. The molecule has 1 saturated carbocycles. The maximum atomic E-state index is 12.5. The second kappa shape index (κ2) is 7.69. The van der Waals surface area contributed by atoms with Gasteiger partial charge in [-0.15, -0.1) is 6.58 Å². The molecule has 1 heterocycles. The van der Waals surface area contributed by atoms with Gasteiger partial charge in [-0.3, -0.25) is 0 Å². The van der Waals surface area contributed by atoms with Gasteiger partial charge in [0.1, 0.15) is 0 Å². The first-order valence-corrected chi connectivity index (χ1v) is 9.18. The van der Waals surface area contributed by atoms with Crippen LogP contribution < -0.4 is 5.32 Å². The first kappa shape index (κ1) is 16.9. The van der Waals surface area contributed by atoms with Crippen LogP contribution in [0.25, 0.3) is 0 Å². The molecule has 1 aliphatic carbocycles. The average molecular weight is 317 g/mol. The molecule has 0 bridgehead atoms. The average Bonchev–Trinajstić information content (AvgIpc) is 3.29. The smallest absolute Gasteiger partial charge is 0.282 e. The van der Waals surface area contributed by atoms with E-state index in [0.29, 0.717) is 25.0 Å². The molecule has 0 aromatic carbocycles. The summed E-state index contributed by atoms with van der Waals surface area (Å²) < 4.78 is 27.9. The maximum absolute atomic E-state index is 12.5. The Bertz CT molecular complexity index is 429. The van der Waals surface area contributed by atoms with Crippen molar-refractivity contribution >= 4 is 10.2 Å². The van der Waals surface area contributed by atoms with Gasteiger partial charge < -0.3 is 10.4 Å². The highest BCUT2D eigenvalue weighted by atomic mass is 32.2. The third-order valence-electron chi connectivity index (χ3n) is 4.18. The van der Waals surface area contributed by atoms with Crippen LogP contribution >= 0.6 is 0 Å². The van der Waals surface area contributed by atoms with E-state index in [1.807, 2.05) is 0 Å². The fraction of sp³-hybridized carbons (Fsp3) is 0.857. The van der Waals surface area contributed by atoms with E-state index in [0.717, 1.165) is 19.4 Å². The molecular weight excluding hydrogens is 290 g/mol. The minimum atomic E-state index is -3.48. The van der Waals surface area contributed by atoms with Gasteiger partial charge in [0, 0.05) is 32.2 Å². The Labute approximate surface area is 128 Å². The van der Waals surface area contributed by atoms with Crippen LogP contribution in [0.1, 0.15) is 25.7 Å². The zero-order valence-corrected chi connectivity index (χ0v) is 13.4. The van der Waals surface area contributed by atoms with Crippen LogP contribution in [0.2, 0.25) is 0 Å². The molecule has 7 heteroatoms. The molecule has 2 rings (SSSR count). The standard InChI is InChI=1S/C14H27N3O3S/c1-2-7-16(10-11-18)21(19,20)17-8-5-13(6-9-17)12-15-14-3-4-14/h2,13-15,18H,1,3-12H2. The summed E-state index contributed by atoms with van der Waals surface area (Å²) in [5.41, 5.74) is 0. The maximum Gasteiger partial charge on any atom is 0.282 e.